The first-order valence-electron chi connectivity index (χ1n) is 10.6. The zero-order valence-electron chi connectivity index (χ0n) is 17.9. The first-order valence-corrected chi connectivity index (χ1v) is 10.6. The van der Waals surface area contributed by atoms with Crippen LogP contribution in [0, 0.1) is 0 Å². The molecule has 0 amide bonds. The van der Waals surface area contributed by atoms with Crippen LogP contribution in [0.25, 0.3) is 11.2 Å². The zero-order chi connectivity index (χ0) is 21.4. The number of aliphatic hydroxyl groups is 1. The fourth-order valence-electron chi connectivity index (χ4n) is 4.09. The molecule has 0 bridgehead atoms. The van der Waals surface area contributed by atoms with Crippen molar-refractivity contribution in [3.63, 3.8) is 0 Å². The van der Waals surface area contributed by atoms with Crippen LogP contribution < -0.4 is 14.5 Å². The molecule has 0 unspecified atom stereocenters. The van der Waals surface area contributed by atoms with Crippen molar-refractivity contribution in [1.29, 1.82) is 0 Å². The minimum atomic E-state index is -0.741. The fourth-order valence-corrected chi connectivity index (χ4v) is 4.09. The highest BCUT2D eigenvalue weighted by molar-refractivity contribution is 5.84. The third-order valence-corrected chi connectivity index (χ3v) is 5.87. The van der Waals surface area contributed by atoms with E-state index in [1.807, 2.05) is 31.2 Å². The quantitative estimate of drug-likeness (QED) is 0.643. The highest BCUT2D eigenvalue weighted by Gasteiger charge is 2.34. The number of rotatable bonds is 5. The van der Waals surface area contributed by atoms with Gasteiger partial charge in [0, 0.05) is 26.2 Å². The first-order chi connectivity index (χ1) is 15.0. The molecule has 31 heavy (non-hydrogen) atoms. The number of anilines is 2. The molecular weight excluding hydrogens is 398 g/mol. The van der Waals surface area contributed by atoms with Gasteiger partial charge in [-0.1, -0.05) is 17.3 Å². The zero-order valence-corrected chi connectivity index (χ0v) is 17.9. The van der Waals surface area contributed by atoms with Crippen LogP contribution in [0.2, 0.25) is 0 Å². The van der Waals surface area contributed by atoms with Gasteiger partial charge in [0.05, 0.1) is 32.5 Å². The van der Waals surface area contributed by atoms with Crippen molar-refractivity contribution in [2.75, 3.05) is 56.3 Å². The standard InChI is InChI=1S/C21H27N7O3/c1-21(29)7-8-27(14-21)18-17-19(23-20(22-18)26-9-11-31-12-10-26)28(25-24-17)13-15-3-5-16(30-2)6-4-15/h3-6,29H,7-14H2,1-2H3/t21-/m1/s1. The minimum absolute atomic E-state index is 0.507. The Labute approximate surface area is 180 Å². The smallest absolute Gasteiger partial charge is 0.229 e. The lowest BCUT2D eigenvalue weighted by molar-refractivity contribution is 0.0839. The molecule has 3 aromatic rings. The van der Waals surface area contributed by atoms with Gasteiger partial charge >= 0.3 is 0 Å². The van der Waals surface area contributed by atoms with E-state index in [4.69, 9.17) is 19.4 Å². The van der Waals surface area contributed by atoms with Crippen molar-refractivity contribution < 1.29 is 14.6 Å². The van der Waals surface area contributed by atoms with Gasteiger partial charge in [-0.25, -0.2) is 4.68 Å². The van der Waals surface area contributed by atoms with Crippen molar-refractivity contribution in [2.45, 2.75) is 25.5 Å². The number of nitrogens with zero attached hydrogens (tertiary/aromatic N) is 7. The van der Waals surface area contributed by atoms with Gasteiger partial charge in [0.2, 0.25) is 5.95 Å². The predicted molar refractivity (Wildman–Crippen MR) is 116 cm³/mol. The van der Waals surface area contributed by atoms with Gasteiger partial charge in [0.25, 0.3) is 0 Å². The van der Waals surface area contributed by atoms with E-state index in [0.717, 1.165) is 30.2 Å². The van der Waals surface area contributed by atoms with Crippen LogP contribution >= 0.6 is 0 Å². The van der Waals surface area contributed by atoms with Crippen molar-refractivity contribution in [1.82, 2.24) is 25.0 Å². The molecule has 2 aromatic heterocycles. The second-order valence-corrected chi connectivity index (χ2v) is 8.38. The monoisotopic (exact) mass is 425 g/mol. The third kappa shape index (κ3) is 4.00. The summed E-state index contributed by atoms with van der Waals surface area (Å²) in [7, 11) is 1.65. The Morgan fingerprint density at radius 1 is 1.10 bits per heavy atom. The van der Waals surface area contributed by atoms with E-state index in [9.17, 15) is 5.11 Å². The summed E-state index contributed by atoms with van der Waals surface area (Å²) in [6.45, 7) is 6.40. The van der Waals surface area contributed by atoms with Crippen LogP contribution in [0.1, 0.15) is 18.9 Å². The summed E-state index contributed by atoms with van der Waals surface area (Å²) in [6, 6.07) is 7.88. The number of β-amino-alcohol motifs (C(OH)–C–C–N with tert-alkyl or cyclic N) is 1. The molecular formula is C21H27N7O3. The van der Waals surface area contributed by atoms with Gasteiger partial charge in [-0.3, -0.25) is 0 Å². The lowest BCUT2D eigenvalue weighted by Crippen LogP contribution is -2.38. The maximum absolute atomic E-state index is 10.5. The molecule has 2 aliphatic rings. The molecule has 0 spiro atoms. The summed E-state index contributed by atoms with van der Waals surface area (Å²) in [5, 5.41) is 19.3. The van der Waals surface area contributed by atoms with Gasteiger partial charge in [0.15, 0.2) is 17.0 Å². The maximum Gasteiger partial charge on any atom is 0.229 e. The molecule has 5 rings (SSSR count). The summed E-state index contributed by atoms with van der Waals surface area (Å²) in [5.41, 5.74) is 1.68. The number of ether oxygens (including phenoxy) is 2. The summed E-state index contributed by atoms with van der Waals surface area (Å²) in [6.07, 6.45) is 0.686. The number of hydrogen-bond donors (Lipinski definition) is 1. The number of morpholine rings is 1. The first kappa shape index (κ1) is 20.0. The molecule has 2 saturated heterocycles. The Kier molecular flexibility index (Phi) is 5.11. The Hall–Kier alpha value is -2.98. The van der Waals surface area contributed by atoms with E-state index in [-0.39, 0.29) is 0 Å². The van der Waals surface area contributed by atoms with Gasteiger partial charge < -0.3 is 24.4 Å². The SMILES string of the molecule is COc1ccc(Cn2nnc3c(N4CC[C@@](C)(O)C4)nc(N4CCOCC4)nc32)cc1. The number of methoxy groups -OCH3 is 1. The highest BCUT2D eigenvalue weighted by Crippen LogP contribution is 2.31. The molecule has 0 saturated carbocycles. The fraction of sp³-hybridized carbons (Fsp3) is 0.524. The highest BCUT2D eigenvalue weighted by atomic mass is 16.5. The minimum Gasteiger partial charge on any atom is -0.497 e. The van der Waals surface area contributed by atoms with Gasteiger partial charge in [-0.05, 0) is 31.0 Å². The second-order valence-electron chi connectivity index (χ2n) is 8.38. The van der Waals surface area contributed by atoms with E-state index in [0.29, 0.717) is 56.4 Å². The largest absolute Gasteiger partial charge is 0.497 e. The van der Waals surface area contributed by atoms with Crippen LogP contribution in [0.4, 0.5) is 11.8 Å². The third-order valence-electron chi connectivity index (χ3n) is 5.87. The second kappa shape index (κ2) is 7.93. The van der Waals surface area contributed by atoms with Crippen LogP contribution in [-0.4, -0.2) is 82.2 Å². The normalized spacial score (nSPS) is 21.8. The summed E-state index contributed by atoms with van der Waals surface area (Å²) in [5.74, 6) is 2.19. The van der Waals surface area contributed by atoms with E-state index in [2.05, 4.69) is 20.1 Å². The van der Waals surface area contributed by atoms with E-state index >= 15 is 0 Å². The lowest BCUT2D eigenvalue weighted by atomic mass is 10.1. The molecule has 2 fully saturated rings. The molecule has 0 aliphatic carbocycles. The molecule has 2 aliphatic heterocycles. The Balaban J connectivity index is 1.55. The molecule has 1 atom stereocenters. The van der Waals surface area contributed by atoms with Crippen LogP contribution in [0.5, 0.6) is 5.75 Å². The van der Waals surface area contributed by atoms with Gasteiger partial charge in [-0.15, -0.1) is 5.10 Å². The average molecular weight is 425 g/mol. The average Bonchev–Trinajstić information content (AvgIpc) is 3.37. The lowest BCUT2D eigenvalue weighted by Gasteiger charge is -2.28. The molecule has 10 heteroatoms. The molecule has 1 N–H and O–H groups in total. The van der Waals surface area contributed by atoms with E-state index in [1.165, 1.54) is 0 Å². The summed E-state index contributed by atoms with van der Waals surface area (Å²) in [4.78, 5) is 13.9. The van der Waals surface area contributed by atoms with E-state index in [1.54, 1.807) is 11.8 Å². The molecule has 0 radical (unpaired) electrons. The van der Waals surface area contributed by atoms with Crippen molar-refractivity contribution in [3.05, 3.63) is 29.8 Å². The maximum atomic E-state index is 10.5. The molecule has 10 nitrogen and oxygen atoms in total. The van der Waals surface area contributed by atoms with Crippen LogP contribution in [0.3, 0.4) is 0 Å². The van der Waals surface area contributed by atoms with Crippen molar-refractivity contribution >= 4 is 22.9 Å². The summed E-state index contributed by atoms with van der Waals surface area (Å²) < 4.78 is 12.5. The number of aromatic nitrogens is 5. The molecule has 4 heterocycles. The Morgan fingerprint density at radius 2 is 1.87 bits per heavy atom. The topological polar surface area (TPSA) is 102 Å². The number of hydrogen-bond acceptors (Lipinski definition) is 9. The Bertz CT molecular complexity index is 1060. The van der Waals surface area contributed by atoms with Gasteiger partial charge in [0.1, 0.15) is 5.75 Å². The number of fused-ring (bicyclic) bond motifs is 1. The van der Waals surface area contributed by atoms with Crippen molar-refractivity contribution in [2.24, 2.45) is 0 Å². The summed E-state index contributed by atoms with van der Waals surface area (Å²) >= 11 is 0. The predicted octanol–water partition coefficient (Wildman–Crippen LogP) is 1.08. The molecule has 164 valence electrons. The van der Waals surface area contributed by atoms with Crippen molar-refractivity contribution in [3.8, 4) is 5.75 Å². The molecule has 1 aromatic carbocycles. The van der Waals surface area contributed by atoms with Crippen LogP contribution in [0.15, 0.2) is 24.3 Å². The van der Waals surface area contributed by atoms with Gasteiger partial charge in [-0.2, -0.15) is 9.97 Å². The van der Waals surface area contributed by atoms with E-state index < -0.39 is 5.60 Å². The van der Waals surface area contributed by atoms with Crippen LogP contribution in [-0.2, 0) is 11.3 Å². The number of benzene rings is 1. The Morgan fingerprint density at radius 3 is 2.55 bits per heavy atom.